The zero-order valence-electron chi connectivity index (χ0n) is 12.5. The molecule has 0 saturated carbocycles. The fraction of sp³-hybridized carbons (Fsp3) is 0.867. The van der Waals surface area contributed by atoms with Gasteiger partial charge in [-0.15, -0.1) is 0 Å². The van der Waals surface area contributed by atoms with Gasteiger partial charge in [-0.25, -0.2) is 0 Å². The van der Waals surface area contributed by atoms with Crippen molar-refractivity contribution in [2.75, 3.05) is 13.2 Å². The molecule has 3 rings (SSSR count). The van der Waals surface area contributed by atoms with Crippen LogP contribution in [0.2, 0.25) is 0 Å². The van der Waals surface area contributed by atoms with Gasteiger partial charge in [-0.05, 0) is 32.1 Å². The van der Waals surface area contributed by atoms with Crippen LogP contribution in [0, 0.1) is 5.92 Å². The minimum absolute atomic E-state index is 0.0287. The summed E-state index contributed by atoms with van der Waals surface area (Å²) in [5.74, 6) is 0.421. The molecule has 0 aromatic rings. The van der Waals surface area contributed by atoms with Gasteiger partial charge in [0, 0.05) is 13.2 Å². The number of nitrogens with zero attached hydrogens (tertiary/aromatic N) is 2. The highest BCUT2D eigenvalue weighted by Gasteiger charge is 2.52. The van der Waals surface area contributed by atoms with Gasteiger partial charge in [-0.1, -0.05) is 13.8 Å². The van der Waals surface area contributed by atoms with E-state index in [2.05, 4.69) is 0 Å². The summed E-state index contributed by atoms with van der Waals surface area (Å²) in [7, 11) is 0. The highest BCUT2D eigenvalue weighted by molar-refractivity contribution is 5.97. The summed E-state index contributed by atoms with van der Waals surface area (Å²) in [6.07, 6.45) is 2.63. The Morgan fingerprint density at radius 3 is 2.55 bits per heavy atom. The molecule has 0 bridgehead atoms. The predicted molar refractivity (Wildman–Crippen MR) is 74.0 cm³/mol. The van der Waals surface area contributed by atoms with Gasteiger partial charge in [-0.2, -0.15) is 0 Å². The number of piperazine rings is 1. The van der Waals surface area contributed by atoms with E-state index in [1.165, 1.54) is 0 Å². The van der Waals surface area contributed by atoms with E-state index in [0.29, 0.717) is 6.61 Å². The SMILES string of the molecule is CC(C)C1C(=O)N2CCCC2C(=O)N1C1CCOC1C. The third-order valence-electron chi connectivity index (χ3n) is 4.95. The smallest absolute Gasteiger partial charge is 0.246 e. The molecule has 3 aliphatic rings. The van der Waals surface area contributed by atoms with Crippen LogP contribution in [-0.2, 0) is 14.3 Å². The first-order valence-electron chi connectivity index (χ1n) is 7.76. The minimum atomic E-state index is -0.314. The summed E-state index contributed by atoms with van der Waals surface area (Å²) >= 11 is 0. The average Bonchev–Trinajstić information content (AvgIpc) is 3.01. The summed E-state index contributed by atoms with van der Waals surface area (Å²) in [5, 5.41) is 0. The third-order valence-corrected chi connectivity index (χ3v) is 4.95. The first-order valence-corrected chi connectivity index (χ1v) is 7.76. The van der Waals surface area contributed by atoms with Crippen molar-refractivity contribution in [2.24, 2.45) is 5.92 Å². The van der Waals surface area contributed by atoms with Crippen molar-refractivity contribution in [2.45, 2.75) is 64.3 Å². The molecule has 4 atom stereocenters. The molecule has 4 unspecified atom stereocenters. The standard InChI is InChI=1S/C15H24N2O3/c1-9(2)13-15(19)16-7-4-5-12(16)14(18)17(13)11-6-8-20-10(11)3/h9-13H,4-8H2,1-3H3. The first kappa shape index (κ1) is 13.9. The van der Waals surface area contributed by atoms with E-state index >= 15 is 0 Å². The second-order valence-electron chi connectivity index (χ2n) is 6.56. The van der Waals surface area contributed by atoms with E-state index in [-0.39, 0.29) is 42.0 Å². The summed E-state index contributed by atoms with van der Waals surface area (Å²) in [5.41, 5.74) is 0. The number of hydrogen-bond donors (Lipinski definition) is 0. The van der Waals surface area contributed by atoms with E-state index < -0.39 is 0 Å². The van der Waals surface area contributed by atoms with Crippen LogP contribution in [0.1, 0.15) is 40.0 Å². The number of rotatable bonds is 2. The van der Waals surface area contributed by atoms with Crippen molar-refractivity contribution in [3.05, 3.63) is 0 Å². The summed E-state index contributed by atoms with van der Waals surface area (Å²) in [4.78, 5) is 29.3. The van der Waals surface area contributed by atoms with Crippen LogP contribution in [0.3, 0.4) is 0 Å². The Kier molecular flexibility index (Phi) is 3.48. The van der Waals surface area contributed by atoms with Crippen LogP contribution in [0.5, 0.6) is 0 Å². The molecule has 0 aromatic carbocycles. The molecular formula is C15H24N2O3. The fourth-order valence-electron chi connectivity index (χ4n) is 3.95. The van der Waals surface area contributed by atoms with Gasteiger partial charge in [-0.3, -0.25) is 9.59 Å². The maximum absolute atomic E-state index is 12.9. The lowest BCUT2D eigenvalue weighted by atomic mass is 9.92. The Labute approximate surface area is 120 Å². The van der Waals surface area contributed by atoms with Crippen molar-refractivity contribution >= 4 is 11.8 Å². The Bertz CT molecular complexity index is 423. The lowest BCUT2D eigenvalue weighted by molar-refractivity contribution is -0.165. The minimum Gasteiger partial charge on any atom is -0.376 e. The van der Waals surface area contributed by atoms with E-state index in [1.54, 1.807) is 0 Å². The molecule has 3 saturated heterocycles. The maximum Gasteiger partial charge on any atom is 0.246 e. The van der Waals surface area contributed by atoms with E-state index in [1.807, 2.05) is 30.6 Å². The summed E-state index contributed by atoms with van der Waals surface area (Å²) in [6, 6.07) is -0.474. The zero-order chi connectivity index (χ0) is 14.4. The van der Waals surface area contributed by atoms with Crippen LogP contribution in [0.25, 0.3) is 0 Å². The van der Waals surface area contributed by atoms with Crippen molar-refractivity contribution in [1.29, 1.82) is 0 Å². The van der Waals surface area contributed by atoms with Crippen LogP contribution in [0.15, 0.2) is 0 Å². The quantitative estimate of drug-likeness (QED) is 0.759. The molecule has 3 heterocycles. The number of carbonyl (C=O) groups excluding carboxylic acids is 2. The molecule has 0 N–H and O–H groups in total. The Morgan fingerprint density at radius 1 is 1.20 bits per heavy atom. The van der Waals surface area contributed by atoms with Crippen LogP contribution >= 0.6 is 0 Å². The van der Waals surface area contributed by atoms with Crippen molar-refractivity contribution in [1.82, 2.24) is 9.80 Å². The normalized spacial score (nSPS) is 38.0. The zero-order valence-corrected chi connectivity index (χ0v) is 12.5. The number of hydrogen-bond acceptors (Lipinski definition) is 3. The second kappa shape index (κ2) is 5.02. The predicted octanol–water partition coefficient (Wildman–Crippen LogP) is 1.02. The fourth-order valence-corrected chi connectivity index (χ4v) is 3.95. The molecule has 0 aliphatic carbocycles. The molecule has 5 heteroatoms. The highest BCUT2D eigenvalue weighted by Crippen LogP contribution is 2.34. The molecule has 3 fully saturated rings. The van der Waals surface area contributed by atoms with Gasteiger partial charge >= 0.3 is 0 Å². The van der Waals surface area contributed by atoms with Gasteiger partial charge in [0.15, 0.2) is 0 Å². The second-order valence-corrected chi connectivity index (χ2v) is 6.56. The lowest BCUT2D eigenvalue weighted by Crippen LogP contribution is -2.67. The van der Waals surface area contributed by atoms with E-state index in [4.69, 9.17) is 4.74 Å². The molecular weight excluding hydrogens is 256 g/mol. The van der Waals surface area contributed by atoms with Gasteiger partial charge in [0.25, 0.3) is 0 Å². The summed E-state index contributed by atoms with van der Waals surface area (Å²) in [6.45, 7) is 7.49. The van der Waals surface area contributed by atoms with E-state index in [9.17, 15) is 9.59 Å². The topological polar surface area (TPSA) is 49.9 Å². The number of amides is 2. The molecule has 3 aliphatic heterocycles. The molecule has 5 nitrogen and oxygen atoms in total. The maximum atomic E-state index is 12.9. The van der Waals surface area contributed by atoms with Crippen molar-refractivity contribution < 1.29 is 14.3 Å². The Morgan fingerprint density at radius 2 is 1.95 bits per heavy atom. The average molecular weight is 280 g/mol. The Hall–Kier alpha value is -1.10. The van der Waals surface area contributed by atoms with Crippen LogP contribution < -0.4 is 0 Å². The number of carbonyl (C=O) groups is 2. The molecule has 0 aromatic heterocycles. The van der Waals surface area contributed by atoms with Crippen LogP contribution in [0.4, 0.5) is 0 Å². The van der Waals surface area contributed by atoms with Crippen molar-refractivity contribution in [3.63, 3.8) is 0 Å². The lowest BCUT2D eigenvalue weighted by Gasteiger charge is -2.47. The molecule has 0 radical (unpaired) electrons. The first-order chi connectivity index (χ1) is 9.52. The molecule has 112 valence electrons. The largest absolute Gasteiger partial charge is 0.376 e. The van der Waals surface area contributed by atoms with E-state index in [0.717, 1.165) is 25.8 Å². The monoisotopic (exact) mass is 280 g/mol. The van der Waals surface area contributed by atoms with Gasteiger partial charge in [0.05, 0.1) is 12.1 Å². The molecule has 2 amide bonds. The van der Waals surface area contributed by atoms with Gasteiger partial charge in [0.2, 0.25) is 11.8 Å². The van der Waals surface area contributed by atoms with Gasteiger partial charge < -0.3 is 14.5 Å². The van der Waals surface area contributed by atoms with Gasteiger partial charge in [0.1, 0.15) is 12.1 Å². The number of fused-ring (bicyclic) bond motifs is 1. The molecule has 20 heavy (non-hydrogen) atoms. The third kappa shape index (κ3) is 1.94. The summed E-state index contributed by atoms with van der Waals surface area (Å²) < 4.78 is 5.62. The molecule has 0 spiro atoms. The van der Waals surface area contributed by atoms with Crippen LogP contribution in [-0.4, -0.2) is 59.0 Å². The Balaban J connectivity index is 1.95. The van der Waals surface area contributed by atoms with Crippen molar-refractivity contribution in [3.8, 4) is 0 Å². The number of ether oxygens (including phenoxy) is 1. The highest BCUT2D eigenvalue weighted by atomic mass is 16.5.